The summed E-state index contributed by atoms with van der Waals surface area (Å²) in [7, 11) is 0. The van der Waals surface area contributed by atoms with E-state index in [9.17, 15) is 9.18 Å². The van der Waals surface area contributed by atoms with E-state index < -0.39 is 5.82 Å². The first-order valence-electron chi connectivity index (χ1n) is 9.31. The first-order chi connectivity index (χ1) is 15.4. The van der Waals surface area contributed by atoms with E-state index in [4.69, 9.17) is 39.5 Å². The van der Waals surface area contributed by atoms with Gasteiger partial charge in [0.15, 0.2) is 5.82 Å². The molecule has 0 saturated carbocycles. The summed E-state index contributed by atoms with van der Waals surface area (Å²) in [6, 6.07) is 13.0. The maximum atomic E-state index is 13.2. The molecule has 32 heavy (non-hydrogen) atoms. The van der Waals surface area contributed by atoms with Gasteiger partial charge in [0.25, 0.3) is 5.91 Å². The Morgan fingerprint density at radius 3 is 2.75 bits per heavy atom. The van der Waals surface area contributed by atoms with Crippen LogP contribution in [0.2, 0.25) is 15.1 Å². The number of amides is 1. The Kier molecular flexibility index (Phi) is 7.01. The molecule has 0 spiro atoms. The number of aromatic nitrogens is 2. The fourth-order valence-electron chi connectivity index (χ4n) is 2.85. The van der Waals surface area contributed by atoms with Gasteiger partial charge in [-0.05, 0) is 47.3 Å². The summed E-state index contributed by atoms with van der Waals surface area (Å²) in [5, 5.41) is 9.99. The highest BCUT2D eigenvalue weighted by atomic mass is 35.5. The lowest BCUT2D eigenvalue weighted by molar-refractivity contribution is 0.103. The largest absolute Gasteiger partial charge is 0.489 e. The highest BCUT2D eigenvalue weighted by molar-refractivity contribution is 7.12. The van der Waals surface area contributed by atoms with Gasteiger partial charge in [-0.15, -0.1) is 11.3 Å². The summed E-state index contributed by atoms with van der Waals surface area (Å²) in [5.41, 5.74) is 1.52. The summed E-state index contributed by atoms with van der Waals surface area (Å²) in [4.78, 5) is 13.1. The highest BCUT2D eigenvalue weighted by Gasteiger charge is 2.15. The Labute approximate surface area is 202 Å². The molecule has 4 rings (SSSR count). The van der Waals surface area contributed by atoms with E-state index in [2.05, 4.69) is 10.4 Å². The molecule has 1 amide bonds. The molecule has 164 valence electrons. The molecule has 4 aromatic rings. The van der Waals surface area contributed by atoms with Crippen molar-refractivity contribution in [2.75, 3.05) is 5.32 Å². The second kappa shape index (κ2) is 9.92. The van der Waals surface area contributed by atoms with Gasteiger partial charge in [0.1, 0.15) is 23.2 Å². The van der Waals surface area contributed by atoms with Crippen LogP contribution in [0.1, 0.15) is 20.8 Å². The molecule has 0 atom stereocenters. The second-order valence-corrected chi connectivity index (χ2v) is 8.94. The van der Waals surface area contributed by atoms with Crippen molar-refractivity contribution in [1.29, 1.82) is 0 Å². The number of rotatable bonds is 7. The lowest BCUT2D eigenvalue weighted by Gasteiger charge is -2.05. The van der Waals surface area contributed by atoms with Crippen molar-refractivity contribution in [3.8, 4) is 5.75 Å². The minimum Gasteiger partial charge on any atom is -0.489 e. The van der Waals surface area contributed by atoms with Crippen LogP contribution in [0.25, 0.3) is 0 Å². The van der Waals surface area contributed by atoms with Crippen molar-refractivity contribution in [3.63, 3.8) is 0 Å². The third-order valence-corrected chi connectivity index (χ3v) is 6.22. The van der Waals surface area contributed by atoms with Gasteiger partial charge in [-0.2, -0.15) is 5.10 Å². The average molecular weight is 511 g/mol. The molecule has 2 aromatic heterocycles. The van der Waals surface area contributed by atoms with E-state index in [0.717, 1.165) is 5.56 Å². The molecule has 1 N–H and O–H groups in total. The van der Waals surface area contributed by atoms with Crippen LogP contribution in [-0.4, -0.2) is 15.7 Å². The Hall–Kier alpha value is -2.58. The zero-order valence-electron chi connectivity index (χ0n) is 16.3. The predicted molar refractivity (Wildman–Crippen MR) is 126 cm³/mol. The van der Waals surface area contributed by atoms with E-state index in [1.54, 1.807) is 36.5 Å². The zero-order valence-corrected chi connectivity index (χ0v) is 19.4. The van der Waals surface area contributed by atoms with Crippen molar-refractivity contribution in [2.45, 2.75) is 13.2 Å². The molecule has 2 aromatic carbocycles. The maximum Gasteiger partial charge on any atom is 0.266 e. The summed E-state index contributed by atoms with van der Waals surface area (Å²) >= 11 is 19.5. The zero-order chi connectivity index (χ0) is 22.7. The molecule has 0 bridgehead atoms. The number of nitrogens with one attached hydrogen (secondary N) is 1. The van der Waals surface area contributed by atoms with Crippen molar-refractivity contribution in [2.24, 2.45) is 0 Å². The number of carbonyl (C=O) groups is 1. The Bertz CT molecular complexity index is 1280. The average Bonchev–Trinajstić information content (AvgIpc) is 3.35. The van der Waals surface area contributed by atoms with Crippen LogP contribution in [0.15, 0.2) is 60.1 Å². The minimum absolute atomic E-state index is 0.222. The van der Waals surface area contributed by atoms with Gasteiger partial charge < -0.3 is 10.1 Å². The van der Waals surface area contributed by atoms with Gasteiger partial charge in [0.2, 0.25) is 0 Å². The predicted octanol–water partition coefficient (Wildman–Crippen LogP) is 6.92. The quantitative estimate of drug-likeness (QED) is 0.293. The topological polar surface area (TPSA) is 56.2 Å². The third kappa shape index (κ3) is 5.61. The van der Waals surface area contributed by atoms with Gasteiger partial charge in [0.05, 0.1) is 11.4 Å². The summed E-state index contributed by atoms with van der Waals surface area (Å²) in [6.07, 6.45) is 1.57. The fourth-order valence-corrected chi connectivity index (χ4v) is 4.25. The molecule has 0 aliphatic carbocycles. The van der Waals surface area contributed by atoms with E-state index in [1.807, 2.05) is 11.4 Å². The Morgan fingerprint density at radius 1 is 1.12 bits per heavy atom. The first kappa shape index (κ1) is 22.6. The lowest BCUT2D eigenvalue weighted by atomic mass is 10.2. The van der Waals surface area contributed by atoms with Crippen LogP contribution in [0.4, 0.5) is 10.2 Å². The van der Waals surface area contributed by atoms with E-state index in [1.165, 1.54) is 28.2 Å². The van der Waals surface area contributed by atoms with Crippen molar-refractivity contribution < 1.29 is 13.9 Å². The number of thiophene rings is 1. The number of hydrogen-bond donors (Lipinski definition) is 1. The highest BCUT2D eigenvalue weighted by Crippen LogP contribution is 2.25. The molecule has 10 heteroatoms. The molecule has 5 nitrogen and oxygen atoms in total. The molecule has 0 aliphatic heterocycles. The molecule has 0 saturated heterocycles. The van der Waals surface area contributed by atoms with Gasteiger partial charge in [-0.25, -0.2) is 4.39 Å². The number of benzene rings is 2. The van der Waals surface area contributed by atoms with Crippen LogP contribution >= 0.6 is 46.1 Å². The number of ether oxygens (including phenoxy) is 1. The van der Waals surface area contributed by atoms with Gasteiger partial charge in [-0.1, -0.05) is 46.9 Å². The molecule has 0 unspecified atom stereocenters. The minimum atomic E-state index is -0.418. The molecule has 2 heterocycles. The van der Waals surface area contributed by atoms with Crippen molar-refractivity contribution >= 4 is 57.9 Å². The smallest absolute Gasteiger partial charge is 0.266 e. The second-order valence-electron chi connectivity index (χ2n) is 6.78. The third-order valence-electron chi connectivity index (χ3n) is 4.38. The molecule has 0 radical (unpaired) electrons. The molecule has 0 aliphatic rings. The fraction of sp³-hybridized carbons (Fsp3) is 0.0909. The normalized spacial score (nSPS) is 10.9. The lowest BCUT2D eigenvalue weighted by Crippen LogP contribution is -2.12. The van der Waals surface area contributed by atoms with Crippen LogP contribution in [0, 0.1) is 5.82 Å². The molecule has 0 fully saturated rings. The summed E-state index contributed by atoms with van der Waals surface area (Å²) in [5.74, 6) is 0.114. The van der Waals surface area contributed by atoms with Crippen molar-refractivity contribution in [3.05, 3.63) is 97.0 Å². The number of nitrogens with zero attached hydrogens (tertiary/aromatic N) is 2. The van der Waals surface area contributed by atoms with Crippen LogP contribution in [0.3, 0.4) is 0 Å². The monoisotopic (exact) mass is 509 g/mol. The van der Waals surface area contributed by atoms with Crippen LogP contribution in [-0.2, 0) is 13.2 Å². The van der Waals surface area contributed by atoms with Gasteiger partial charge in [0, 0.05) is 21.8 Å². The Balaban J connectivity index is 1.39. The van der Waals surface area contributed by atoms with Crippen molar-refractivity contribution in [1.82, 2.24) is 9.78 Å². The Morgan fingerprint density at radius 2 is 1.97 bits per heavy atom. The van der Waals surface area contributed by atoms with E-state index in [-0.39, 0.29) is 28.3 Å². The number of carbonyl (C=O) groups excluding carboxylic acids is 1. The standard InChI is InChI=1S/C22H15Cl3FN3O2S/c23-15-2-1-3-17(7-15)31-11-13-6-20(32-12-13)22(30)27-21-19(25)10-29(28-21)9-14-4-5-16(26)8-18(14)24/h1-8,10,12H,9,11H2,(H,27,28,30). The van der Waals surface area contributed by atoms with Crippen LogP contribution < -0.4 is 10.1 Å². The number of anilines is 1. The first-order valence-corrected chi connectivity index (χ1v) is 11.3. The maximum absolute atomic E-state index is 13.2. The summed E-state index contributed by atoms with van der Waals surface area (Å²) < 4.78 is 20.4. The number of hydrogen-bond acceptors (Lipinski definition) is 4. The van der Waals surface area contributed by atoms with Crippen LogP contribution in [0.5, 0.6) is 5.75 Å². The molecular formula is C22H15Cl3FN3O2S. The molecular weight excluding hydrogens is 496 g/mol. The van der Waals surface area contributed by atoms with E-state index in [0.29, 0.717) is 27.8 Å². The summed E-state index contributed by atoms with van der Waals surface area (Å²) in [6.45, 7) is 0.580. The number of halogens is 4. The van der Waals surface area contributed by atoms with Gasteiger partial charge in [-0.3, -0.25) is 9.48 Å². The van der Waals surface area contributed by atoms with Gasteiger partial charge >= 0.3 is 0 Å². The van der Waals surface area contributed by atoms with E-state index >= 15 is 0 Å². The SMILES string of the molecule is O=C(Nc1nn(Cc2ccc(F)cc2Cl)cc1Cl)c1cc(COc2cccc(Cl)c2)cs1.